The molecule has 0 atom stereocenters. The van der Waals surface area contributed by atoms with Gasteiger partial charge in [0.1, 0.15) is 6.61 Å². The highest BCUT2D eigenvalue weighted by molar-refractivity contribution is 6.40. The molecule has 0 spiro atoms. The van der Waals surface area contributed by atoms with E-state index in [9.17, 15) is 4.79 Å². The molecule has 6 nitrogen and oxygen atoms in total. The van der Waals surface area contributed by atoms with Crippen molar-refractivity contribution >= 4 is 40.8 Å². The van der Waals surface area contributed by atoms with Crippen molar-refractivity contribution in [2.24, 2.45) is 4.99 Å². The summed E-state index contributed by atoms with van der Waals surface area (Å²) in [6.45, 7) is 2.33. The molecule has 2 aromatic rings. The molecule has 0 saturated heterocycles. The summed E-state index contributed by atoms with van der Waals surface area (Å²) in [4.78, 5) is 15.8. The fraction of sp³-hybridized carbons (Fsp3) is 0.368. The maximum atomic E-state index is 11.6. The SMILES string of the molecule is CN=C(NCCCCn1ccccc1=O)NCCOc1c(Cl)cc(Cl)cc1Cl. The second kappa shape index (κ2) is 11.8. The Bertz CT molecular complexity index is 832. The average molecular weight is 446 g/mol. The van der Waals surface area contributed by atoms with Crippen molar-refractivity contribution in [1.29, 1.82) is 0 Å². The number of aryl methyl sites for hydroxylation is 1. The van der Waals surface area contributed by atoms with Gasteiger partial charge in [0.15, 0.2) is 11.7 Å². The van der Waals surface area contributed by atoms with Crippen molar-refractivity contribution in [3.8, 4) is 5.75 Å². The Morgan fingerprint density at radius 1 is 1.11 bits per heavy atom. The van der Waals surface area contributed by atoms with Gasteiger partial charge in [0.2, 0.25) is 5.56 Å². The molecule has 0 aliphatic rings. The van der Waals surface area contributed by atoms with Crippen LogP contribution >= 0.6 is 34.8 Å². The fourth-order valence-corrected chi connectivity index (χ4v) is 3.40. The zero-order valence-corrected chi connectivity index (χ0v) is 17.8. The van der Waals surface area contributed by atoms with Crippen molar-refractivity contribution < 1.29 is 4.74 Å². The second-order valence-electron chi connectivity index (χ2n) is 5.91. The number of hydrogen-bond acceptors (Lipinski definition) is 3. The maximum absolute atomic E-state index is 11.6. The number of nitrogens with one attached hydrogen (secondary N) is 2. The van der Waals surface area contributed by atoms with E-state index in [0.29, 0.717) is 46.5 Å². The van der Waals surface area contributed by atoms with Crippen molar-refractivity contribution in [3.05, 3.63) is 62.0 Å². The van der Waals surface area contributed by atoms with Gasteiger partial charge in [0.05, 0.1) is 16.6 Å². The van der Waals surface area contributed by atoms with Crippen LogP contribution in [0.3, 0.4) is 0 Å². The van der Waals surface area contributed by atoms with E-state index < -0.39 is 0 Å². The molecule has 9 heteroatoms. The highest BCUT2D eigenvalue weighted by Gasteiger charge is 2.09. The molecule has 2 N–H and O–H groups in total. The minimum Gasteiger partial charge on any atom is -0.489 e. The molecule has 28 heavy (non-hydrogen) atoms. The van der Waals surface area contributed by atoms with Crippen LogP contribution in [0.1, 0.15) is 12.8 Å². The number of guanidine groups is 1. The fourth-order valence-electron chi connectivity index (χ4n) is 2.47. The molecule has 0 saturated carbocycles. The molecular formula is C19H23Cl3N4O2. The molecule has 0 radical (unpaired) electrons. The largest absolute Gasteiger partial charge is 0.489 e. The maximum Gasteiger partial charge on any atom is 0.250 e. The Balaban J connectivity index is 1.64. The number of ether oxygens (including phenoxy) is 1. The van der Waals surface area contributed by atoms with Crippen LogP contribution in [-0.2, 0) is 6.54 Å². The molecule has 152 valence electrons. The summed E-state index contributed by atoms with van der Waals surface area (Å²) in [5.74, 6) is 1.09. The Morgan fingerprint density at radius 3 is 2.50 bits per heavy atom. The van der Waals surface area contributed by atoms with Crippen LogP contribution in [0.4, 0.5) is 0 Å². The van der Waals surface area contributed by atoms with Gasteiger partial charge in [-0.25, -0.2) is 0 Å². The monoisotopic (exact) mass is 444 g/mol. The number of rotatable bonds is 9. The third-order valence-electron chi connectivity index (χ3n) is 3.84. The summed E-state index contributed by atoms with van der Waals surface area (Å²) in [6.07, 6.45) is 3.61. The van der Waals surface area contributed by atoms with Gasteiger partial charge in [-0.05, 0) is 31.0 Å². The summed E-state index contributed by atoms with van der Waals surface area (Å²) in [6, 6.07) is 8.34. The lowest BCUT2D eigenvalue weighted by molar-refractivity contribution is 0.322. The first-order valence-electron chi connectivity index (χ1n) is 8.88. The van der Waals surface area contributed by atoms with E-state index in [2.05, 4.69) is 15.6 Å². The molecule has 1 heterocycles. The first-order valence-corrected chi connectivity index (χ1v) is 10.0. The predicted molar refractivity (Wildman–Crippen MR) is 116 cm³/mol. The van der Waals surface area contributed by atoms with E-state index in [4.69, 9.17) is 39.5 Å². The number of halogens is 3. The van der Waals surface area contributed by atoms with Crippen LogP contribution in [0, 0.1) is 0 Å². The molecular weight excluding hydrogens is 423 g/mol. The summed E-state index contributed by atoms with van der Waals surface area (Å²) in [5, 5.41) is 7.59. The molecule has 0 fully saturated rings. The molecule has 0 unspecified atom stereocenters. The zero-order valence-electron chi connectivity index (χ0n) is 15.6. The summed E-state index contributed by atoms with van der Waals surface area (Å²) in [5.41, 5.74) is 0.0221. The van der Waals surface area contributed by atoms with Crippen LogP contribution in [0.15, 0.2) is 46.3 Å². The quantitative estimate of drug-likeness (QED) is 0.350. The minimum absolute atomic E-state index is 0.0221. The molecule has 1 aromatic heterocycles. The third-order valence-corrected chi connectivity index (χ3v) is 4.62. The van der Waals surface area contributed by atoms with Gasteiger partial charge >= 0.3 is 0 Å². The predicted octanol–water partition coefficient (Wildman–Crippen LogP) is 3.83. The first-order chi connectivity index (χ1) is 13.5. The van der Waals surface area contributed by atoms with Crippen molar-refractivity contribution in [2.45, 2.75) is 19.4 Å². The highest BCUT2D eigenvalue weighted by atomic mass is 35.5. The normalized spacial score (nSPS) is 11.4. The number of unbranched alkanes of at least 4 members (excludes halogenated alkanes) is 1. The van der Waals surface area contributed by atoms with Crippen LogP contribution < -0.4 is 20.9 Å². The topological polar surface area (TPSA) is 67.7 Å². The third kappa shape index (κ3) is 7.26. The number of pyridine rings is 1. The number of hydrogen-bond donors (Lipinski definition) is 2. The van der Waals surface area contributed by atoms with Crippen LogP contribution in [-0.4, -0.2) is 37.3 Å². The Labute approximate surface area is 179 Å². The lowest BCUT2D eigenvalue weighted by Crippen LogP contribution is -2.39. The van der Waals surface area contributed by atoms with E-state index in [1.165, 1.54) is 0 Å². The van der Waals surface area contributed by atoms with Gasteiger partial charge in [-0.2, -0.15) is 0 Å². The van der Waals surface area contributed by atoms with Crippen LogP contribution in [0.25, 0.3) is 0 Å². The Kier molecular flexibility index (Phi) is 9.47. The van der Waals surface area contributed by atoms with Gasteiger partial charge in [0.25, 0.3) is 0 Å². The summed E-state index contributed by atoms with van der Waals surface area (Å²) < 4.78 is 7.33. The number of aliphatic imine (C=N–C) groups is 1. The standard InChI is InChI=1S/C19H23Cl3N4O2/c1-23-19(24-7-3-5-10-26-9-4-2-6-17(26)27)25-8-11-28-18-15(21)12-14(20)13-16(18)22/h2,4,6,9,12-13H,3,5,7-8,10-11H2,1H3,(H2,23,24,25). The first kappa shape index (κ1) is 22.4. The van der Waals surface area contributed by atoms with E-state index >= 15 is 0 Å². The summed E-state index contributed by atoms with van der Waals surface area (Å²) >= 11 is 18.0. The molecule has 2 rings (SSSR count). The van der Waals surface area contributed by atoms with Crippen molar-refractivity contribution in [2.75, 3.05) is 26.7 Å². The van der Waals surface area contributed by atoms with Gasteiger partial charge in [-0.15, -0.1) is 0 Å². The van der Waals surface area contributed by atoms with E-state index in [0.717, 1.165) is 19.4 Å². The van der Waals surface area contributed by atoms with Gasteiger partial charge in [0, 0.05) is 37.4 Å². The van der Waals surface area contributed by atoms with Crippen LogP contribution in [0.5, 0.6) is 5.75 Å². The van der Waals surface area contributed by atoms with E-state index in [-0.39, 0.29) is 5.56 Å². The second-order valence-corrected chi connectivity index (χ2v) is 7.16. The molecule has 0 amide bonds. The number of nitrogens with zero attached hydrogens (tertiary/aromatic N) is 2. The van der Waals surface area contributed by atoms with Gasteiger partial charge < -0.3 is 19.9 Å². The van der Waals surface area contributed by atoms with Gasteiger partial charge in [-0.3, -0.25) is 9.79 Å². The van der Waals surface area contributed by atoms with Crippen LogP contribution in [0.2, 0.25) is 15.1 Å². The number of aromatic nitrogens is 1. The smallest absolute Gasteiger partial charge is 0.250 e. The molecule has 0 bridgehead atoms. The molecule has 0 aliphatic heterocycles. The van der Waals surface area contributed by atoms with E-state index in [1.54, 1.807) is 42.1 Å². The molecule has 1 aromatic carbocycles. The Hall–Kier alpha value is -1.89. The zero-order chi connectivity index (χ0) is 20.4. The Morgan fingerprint density at radius 2 is 1.82 bits per heavy atom. The molecule has 0 aliphatic carbocycles. The highest BCUT2D eigenvalue weighted by Crippen LogP contribution is 2.35. The van der Waals surface area contributed by atoms with Gasteiger partial charge in [-0.1, -0.05) is 40.9 Å². The minimum atomic E-state index is 0.0221. The lowest BCUT2D eigenvalue weighted by atomic mass is 10.3. The number of benzene rings is 1. The van der Waals surface area contributed by atoms with Crippen molar-refractivity contribution in [3.63, 3.8) is 0 Å². The lowest BCUT2D eigenvalue weighted by Gasteiger charge is -2.14. The van der Waals surface area contributed by atoms with E-state index in [1.807, 2.05) is 6.07 Å². The van der Waals surface area contributed by atoms with Crippen molar-refractivity contribution in [1.82, 2.24) is 15.2 Å². The average Bonchev–Trinajstić information content (AvgIpc) is 2.66. The summed E-state index contributed by atoms with van der Waals surface area (Å²) in [7, 11) is 1.70.